The normalized spacial score (nSPS) is 25.4. The van der Waals surface area contributed by atoms with E-state index in [1.807, 2.05) is 12.1 Å². The summed E-state index contributed by atoms with van der Waals surface area (Å²) in [5.74, 6) is 1.85. The van der Waals surface area contributed by atoms with E-state index >= 15 is 0 Å². The molecule has 32 heavy (non-hydrogen) atoms. The van der Waals surface area contributed by atoms with E-state index in [2.05, 4.69) is 45.4 Å². The zero-order valence-corrected chi connectivity index (χ0v) is 19.5. The van der Waals surface area contributed by atoms with Crippen LogP contribution < -0.4 is 10.2 Å². The Bertz CT molecular complexity index is 960. The molecule has 4 aliphatic rings. The van der Waals surface area contributed by atoms with Crippen molar-refractivity contribution in [1.82, 2.24) is 15.2 Å². The summed E-state index contributed by atoms with van der Waals surface area (Å²) in [5.41, 5.74) is 3.48. The third-order valence-corrected chi connectivity index (χ3v) is 8.43. The molecule has 1 aromatic heterocycles. The Morgan fingerprint density at radius 3 is 2.50 bits per heavy atom. The van der Waals surface area contributed by atoms with E-state index in [0.717, 1.165) is 34.7 Å². The summed E-state index contributed by atoms with van der Waals surface area (Å²) >= 11 is 0. The molecular weight excluding hydrogens is 394 g/mol. The Hall–Kier alpha value is -2.16. The molecule has 1 atom stereocenters. The monoisotopic (exact) mass is 431 g/mol. The van der Waals surface area contributed by atoms with Gasteiger partial charge in [0.1, 0.15) is 6.07 Å². The van der Waals surface area contributed by atoms with Gasteiger partial charge in [0.2, 0.25) is 0 Å². The maximum atomic E-state index is 9.21. The highest BCUT2D eigenvalue weighted by Crippen LogP contribution is 2.43. The fourth-order valence-electron chi connectivity index (χ4n) is 6.03. The van der Waals surface area contributed by atoms with Crippen molar-refractivity contribution in [1.29, 1.82) is 5.26 Å². The molecular formula is C27H37N5. The lowest BCUT2D eigenvalue weighted by molar-refractivity contribution is 0.0876. The van der Waals surface area contributed by atoms with E-state index < -0.39 is 0 Å². The summed E-state index contributed by atoms with van der Waals surface area (Å²) in [5, 5.41) is 13.8. The van der Waals surface area contributed by atoms with Crippen molar-refractivity contribution < 1.29 is 0 Å². The fourth-order valence-corrected chi connectivity index (χ4v) is 6.03. The second-order valence-electron chi connectivity index (χ2n) is 10.5. The van der Waals surface area contributed by atoms with E-state index in [4.69, 9.17) is 0 Å². The number of aromatic nitrogens is 1. The molecule has 0 amide bonds. The van der Waals surface area contributed by atoms with Crippen LogP contribution in [-0.4, -0.2) is 56.2 Å². The number of anilines is 1. The number of hydrogen-bond acceptors (Lipinski definition) is 5. The first kappa shape index (κ1) is 21.7. The van der Waals surface area contributed by atoms with E-state index in [-0.39, 0.29) is 0 Å². The van der Waals surface area contributed by atoms with E-state index in [1.54, 1.807) is 6.20 Å². The van der Waals surface area contributed by atoms with Crippen LogP contribution in [0.25, 0.3) is 10.9 Å². The Morgan fingerprint density at radius 1 is 1.00 bits per heavy atom. The average molecular weight is 432 g/mol. The number of likely N-dealkylation sites (tertiary alicyclic amines) is 1. The highest BCUT2D eigenvalue weighted by Gasteiger charge is 2.36. The highest BCUT2D eigenvalue weighted by molar-refractivity contribution is 5.95. The number of benzene rings is 1. The average Bonchev–Trinajstić information content (AvgIpc) is 3.58. The van der Waals surface area contributed by atoms with E-state index in [1.165, 1.54) is 83.4 Å². The summed E-state index contributed by atoms with van der Waals surface area (Å²) < 4.78 is 0. The number of rotatable bonds is 2. The first-order valence-corrected chi connectivity index (χ1v) is 12.6. The summed E-state index contributed by atoms with van der Waals surface area (Å²) in [6.45, 7) is 7.45. The first-order valence-electron chi connectivity index (χ1n) is 12.6. The fraction of sp³-hybridized carbons (Fsp3) is 0.630. The number of fused-ring (bicyclic) bond motifs is 1. The molecule has 4 heterocycles. The molecule has 1 aromatic carbocycles. The van der Waals surface area contributed by atoms with Crippen molar-refractivity contribution in [3.63, 3.8) is 0 Å². The lowest BCUT2D eigenvalue weighted by atomic mass is 9.72. The van der Waals surface area contributed by atoms with Gasteiger partial charge in [-0.1, -0.05) is 0 Å². The van der Waals surface area contributed by atoms with E-state index in [0.29, 0.717) is 5.56 Å². The van der Waals surface area contributed by atoms with Crippen LogP contribution in [0.4, 0.5) is 5.69 Å². The number of nitriles is 1. The minimum atomic E-state index is 0.669. The number of piperidine rings is 2. The highest BCUT2D eigenvalue weighted by atomic mass is 15.2. The van der Waals surface area contributed by atoms with Gasteiger partial charge in [-0.3, -0.25) is 4.98 Å². The summed E-state index contributed by atoms with van der Waals surface area (Å²) in [6, 6.07) is 10.3. The molecule has 1 N–H and O–H groups in total. The van der Waals surface area contributed by atoms with Gasteiger partial charge in [-0.2, -0.15) is 5.26 Å². The predicted molar refractivity (Wildman–Crippen MR) is 131 cm³/mol. The minimum absolute atomic E-state index is 0.669. The Morgan fingerprint density at radius 2 is 1.78 bits per heavy atom. The smallest absolute Gasteiger partial charge is 0.101 e. The van der Waals surface area contributed by atoms with Gasteiger partial charge < -0.3 is 15.1 Å². The van der Waals surface area contributed by atoms with Crippen LogP contribution in [0.15, 0.2) is 30.5 Å². The maximum absolute atomic E-state index is 9.21. The van der Waals surface area contributed by atoms with Crippen molar-refractivity contribution in [2.75, 3.05) is 51.2 Å². The lowest BCUT2D eigenvalue weighted by Gasteiger charge is -2.43. The van der Waals surface area contributed by atoms with Crippen LogP contribution in [-0.2, 0) is 0 Å². The van der Waals surface area contributed by atoms with Crippen LogP contribution in [0.5, 0.6) is 0 Å². The molecule has 5 nitrogen and oxygen atoms in total. The van der Waals surface area contributed by atoms with Gasteiger partial charge in [-0.15, -0.1) is 0 Å². The van der Waals surface area contributed by atoms with E-state index in [9.17, 15) is 5.26 Å². The molecule has 1 saturated carbocycles. The topological polar surface area (TPSA) is 55.2 Å². The van der Waals surface area contributed by atoms with Crippen molar-refractivity contribution in [3.05, 3.63) is 36.0 Å². The molecule has 2 aromatic rings. The molecule has 0 bridgehead atoms. The Labute approximate surface area is 192 Å². The number of nitrogens with zero attached hydrogens (tertiary/aromatic N) is 4. The molecule has 6 rings (SSSR count). The van der Waals surface area contributed by atoms with Gasteiger partial charge in [-0.05, 0) is 120 Å². The van der Waals surface area contributed by atoms with Crippen LogP contribution >= 0.6 is 0 Å². The Balaban J connectivity index is 0.000000154. The molecule has 1 unspecified atom stereocenters. The Kier molecular flexibility index (Phi) is 6.35. The third kappa shape index (κ3) is 4.63. The molecule has 3 aliphatic heterocycles. The quantitative estimate of drug-likeness (QED) is 0.763. The van der Waals surface area contributed by atoms with Gasteiger partial charge in [0.25, 0.3) is 0 Å². The molecule has 3 saturated heterocycles. The molecule has 5 heteroatoms. The summed E-state index contributed by atoms with van der Waals surface area (Å²) in [4.78, 5) is 9.35. The number of pyridine rings is 1. The van der Waals surface area contributed by atoms with Crippen LogP contribution in [0.2, 0.25) is 0 Å². The zero-order chi connectivity index (χ0) is 22.0. The molecule has 4 fully saturated rings. The lowest BCUT2D eigenvalue weighted by Crippen LogP contribution is -2.44. The van der Waals surface area contributed by atoms with Gasteiger partial charge in [-0.25, -0.2) is 0 Å². The minimum Gasteiger partial charge on any atom is -0.371 e. The largest absolute Gasteiger partial charge is 0.371 e. The summed E-state index contributed by atoms with van der Waals surface area (Å²) in [6.07, 6.45) is 11.6. The van der Waals surface area contributed by atoms with Crippen LogP contribution in [0.3, 0.4) is 0 Å². The van der Waals surface area contributed by atoms with Gasteiger partial charge in [0, 0.05) is 30.4 Å². The van der Waals surface area contributed by atoms with Crippen LogP contribution in [0, 0.1) is 28.6 Å². The van der Waals surface area contributed by atoms with Crippen LogP contribution in [0.1, 0.15) is 50.5 Å². The van der Waals surface area contributed by atoms with Gasteiger partial charge in [0.05, 0.1) is 11.1 Å². The SMILES string of the molecule is CN1CCC2(CCNCC2)CC1.N#Cc1ccc(N2CCC(C3CC3)C2)c2cccnc12. The number of hydrogen-bond donors (Lipinski definition) is 1. The molecule has 0 radical (unpaired) electrons. The van der Waals surface area contributed by atoms with Gasteiger partial charge >= 0.3 is 0 Å². The van der Waals surface area contributed by atoms with Crippen molar-refractivity contribution in [2.45, 2.75) is 44.9 Å². The standard InChI is InChI=1S/C17H17N3.C10H20N2/c18-10-13-5-6-16(15-2-1-8-19-17(13)15)20-9-7-14(11-20)12-3-4-12;1-12-8-4-10(5-9-12)2-6-11-7-3-10/h1-2,5-6,8,12,14H,3-4,7,9,11H2;11H,2-9H2,1H3. The second-order valence-corrected chi connectivity index (χ2v) is 10.5. The second kappa shape index (κ2) is 9.37. The molecule has 170 valence electrons. The van der Waals surface area contributed by atoms with Gasteiger partial charge in [0.15, 0.2) is 0 Å². The third-order valence-electron chi connectivity index (χ3n) is 8.43. The first-order chi connectivity index (χ1) is 15.7. The molecule has 1 aliphatic carbocycles. The van der Waals surface area contributed by atoms with Crippen molar-refractivity contribution in [2.24, 2.45) is 17.3 Å². The maximum Gasteiger partial charge on any atom is 0.101 e. The van der Waals surface area contributed by atoms with Crippen molar-refractivity contribution in [3.8, 4) is 6.07 Å². The zero-order valence-electron chi connectivity index (χ0n) is 19.5. The predicted octanol–water partition coefficient (Wildman–Crippen LogP) is 4.42. The molecule has 1 spiro atoms. The summed E-state index contributed by atoms with van der Waals surface area (Å²) in [7, 11) is 2.24. The van der Waals surface area contributed by atoms with Crippen molar-refractivity contribution >= 4 is 16.6 Å². The number of nitrogens with one attached hydrogen (secondary N) is 1.